The highest BCUT2D eigenvalue weighted by atomic mass is 35.5. The van der Waals surface area contributed by atoms with Gasteiger partial charge in [-0.2, -0.15) is 22.8 Å². The zero-order chi connectivity index (χ0) is 22.0. The highest BCUT2D eigenvalue weighted by Gasteiger charge is 2.22. The van der Waals surface area contributed by atoms with Crippen molar-refractivity contribution < 1.29 is 27.4 Å². The third-order valence-corrected chi connectivity index (χ3v) is 4.34. The van der Waals surface area contributed by atoms with Crippen molar-refractivity contribution in [3.05, 3.63) is 40.7 Å². The van der Waals surface area contributed by atoms with Crippen LogP contribution in [0.1, 0.15) is 24.3 Å². The van der Waals surface area contributed by atoms with Gasteiger partial charge in [0.25, 0.3) is 0 Å². The van der Waals surface area contributed by atoms with Crippen molar-refractivity contribution in [1.82, 2.24) is 19.6 Å². The van der Waals surface area contributed by atoms with Gasteiger partial charge in [0.1, 0.15) is 5.02 Å². The van der Waals surface area contributed by atoms with Crippen molar-refractivity contribution in [3.63, 3.8) is 0 Å². The lowest BCUT2D eigenvalue weighted by molar-refractivity contribution is -0.0527. The molecule has 9 nitrogen and oxygen atoms in total. The Morgan fingerprint density at radius 3 is 2.67 bits per heavy atom. The summed E-state index contributed by atoms with van der Waals surface area (Å²) in [6.07, 6.45) is 1.80. The molecule has 0 saturated heterocycles. The van der Waals surface area contributed by atoms with E-state index in [1.54, 1.807) is 6.92 Å². The predicted octanol–water partition coefficient (Wildman–Crippen LogP) is 4.18. The summed E-state index contributed by atoms with van der Waals surface area (Å²) in [5.74, 6) is -1.10. The molecule has 0 fully saturated rings. The van der Waals surface area contributed by atoms with Crippen LogP contribution in [0.25, 0.3) is 5.65 Å². The van der Waals surface area contributed by atoms with Gasteiger partial charge in [0.2, 0.25) is 11.8 Å². The van der Waals surface area contributed by atoms with Crippen LogP contribution >= 0.6 is 11.6 Å². The Hall–Kier alpha value is -3.12. The molecule has 3 aromatic rings. The second-order valence-electron chi connectivity index (χ2n) is 6.04. The normalized spacial score (nSPS) is 12.3. The topological polar surface area (TPSA) is 103 Å². The van der Waals surface area contributed by atoms with Crippen molar-refractivity contribution >= 4 is 34.7 Å². The van der Waals surface area contributed by atoms with Crippen molar-refractivity contribution in [2.75, 3.05) is 17.7 Å². The molecule has 0 radical (unpaired) electrons. The first-order chi connectivity index (χ1) is 14.2. The summed E-state index contributed by atoms with van der Waals surface area (Å²) in [6, 6.07) is 0.481. The van der Waals surface area contributed by atoms with E-state index in [1.165, 1.54) is 26.3 Å². The van der Waals surface area contributed by atoms with E-state index in [9.17, 15) is 18.0 Å². The monoisotopic (exact) mass is 444 g/mol. The molecular formula is C17H16ClF3N6O3. The highest BCUT2D eigenvalue weighted by molar-refractivity contribution is 6.32. The smallest absolute Gasteiger partial charge is 0.388 e. The van der Waals surface area contributed by atoms with Gasteiger partial charge >= 0.3 is 12.6 Å². The number of carbonyl (C=O) groups excluding carboxylic acids is 1. The molecule has 1 atom stereocenters. The quantitative estimate of drug-likeness (QED) is 0.591. The van der Waals surface area contributed by atoms with Crippen LogP contribution in [0.4, 0.5) is 29.3 Å². The standard InChI is InChI=1S/C17H16ClF3N6O3/c1-7-13(19)27-14(24-7)12(8(2)29-3)11(6-23-27)26-17(28)25-9-4-10(18)15(22-5-9)30-16(20)21/h4-6,8,16H,1-3H3,(H2,25,26,28). The summed E-state index contributed by atoms with van der Waals surface area (Å²) in [7, 11) is 1.45. The van der Waals surface area contributed by atoms with Crippen molar-refractivity contribution in [1.29, 1.82) is 0 Å². The Bertz CT molecular complexity index is 1090. The van der Waals surface area contributed by atoms with Crippen molar-refractivity contribution in [2.45, 2.75) is 26.6 Å². The summed E-state index contributed by atoms with van der Waals surface area (Å²) in [6.45, 7) is 0.103. The van der Waals surface area contributed by atoms with Crippen LogP contribution in [0.2, 0.25) is 5.02 Å². The number of hydrogen-bond acceptors (Lipinski definition) is 6. The number of halogens is 4. The Labute approximate surface area is 173 Å². The van der Waals surface area contributed by atoms with E-state index in [2.05, 4.69) is 30.4 Å². The molecule has 3 aromatic heterocycles. The molecule has 160 valence electrons. The summed E-state index contributed by atoms with van der Waals surface area (Å²) in [5.41, 5.74) is 1.09. The molecule has 0 aliphatic carbocycles. The zero-order valence-corrected chi connectivity index (χ0v) is 16.7. The first-order valence-electron chi connectivity index (χ1n) is 8.46. The van der Waals surface area contributed by atoms with Crippen molar-refractivity contribution in [2.24, 2.45) is 0 Å². The number of amides is 2. The molecule has 1 unspecified atom stereocenters. The number of aromatic nitrogens is 4. The van der Waals surface area contributed by atoms with Gasteiger partial charge in [-0.1, -0.05) is 11.6 Å². The fourth-order valence-corrected chi connectivity index (χ4v) is 2.86. The number of alkyl halides is 2. The van der Waals surface area contributed by atoms with E-state index in [0.717, 1.165) is 10.7 Å². The first kappa shape index (κ1) is 21.6. The van der Waals surface area contributed by atoms with Gasteiger partial charge in [-0.25, -0.2) is 14.8 Å². The molecule has 13 heteroatoms. The lowest BCUT2D eigenvalue weighted by atomic mass is 10.1. The number of fused-ring (bicyclic) bond motifs is 1. The van der Waals surface area contributed by atoms with Gasteiger partial charge in [0, 0.05) is 7.11 Å². The second-order valence-corrected chi connectivity index (χ2v) is 6.45. The Balaban J connectivity index is 1.85. The fourth-order valence-electron chi connectivity index (χ4n) is 2.65. The van der Waals surface area contributed by atoms with Crippen LogP contribution in [0.15, 0.2) is 18.5 Å². The molecule has 2 amide bonds. The zero-order valence-electron chi connectivity index (χ0n) is 15.9. The minimum Gasteiger partial charge on any atom is -0.415 e. The lowest BCUT2D eigenvalue weighted by Crippen LogP contribution is -2.22. The molecule has 3 rings (SSSR count). The summed E-state index contributed by atoms with van der Waals surface area (Å²) >= 11 is 5.82. The molecule has 0 saturated carbocycles. The summed E-state index contributed by atoms with van der Waals surface area (Å²) in [4.78, 5) is 20.2. The number of imidazole rings is 1. The van der Waals surface area contributed by atoms with Crippen LogP contribution in [0, 0.1) is 12.9 Å². The maximum atomic E-state index is 14.2. The molecule has 3 heterocycles. The van der Waals surface area contributed by atoms with E-state index in [0.29, 0.717) is 5.56 Å². The van der Waals surface area contributed by atoms with E-state index in [4.69, 9.17) is 16.3 Å². The van der Waals surface area contributed by atoms with Crippen LogP contribution < -0.4 is 15.4 Å². The Morgan fingerprint density at radius 2 is 2.03 bits per heavy atom. The number of ether oxygens (including phenoxy) is 2. The number of nitrogens with one attached hydrogen (secondary N) is 2. The third kappa shape index (κ3) is 4.39. The molecule has 30 heavy (non-hydrogen) atoms. The number of methoxy groups -OCH3 is 1. The maximum Gasteiger partial charge on any atom is 0.388 e. The van der Waals surface area contributed by atoms with Crippen LogP contribution in [0.5, 0.6) is 5.88 Å². The minimum absolute atomic E-state index is 0.122. The van der Waals surface area contributed by atoms with Gasteiger partial charge in [0.15, 0.2) is 5.65 Å². The fraction of sp³-hybridized carbons (Fsp3) is 0.294. The molecular weight excluding hydrogens is 429 g/mol. The van der Waals surface area contributed by atoms with Gasteiger partial charge < -0.3 is 20.1 Å². The number of nitrogens with zero attached hydrogens (tertiary/aromatic N) is 4. The predicted molar refractivity (Wildman–Crippen MR) is 102 cm³/mol. The molecule has 0 aliphatic rings. The number of aryl methyl sites for hydroxylation is 1. The van der Waals surface area contributed by atoms with Gasteiger partial charge in [-0.15, -0.1) is 0 Å². The number of anilines is 2. The first-order valence-corrected chi connectivity index (χ1v) is 8.84. The average Bonchev–Trinajstić information content (AvgIpc) is 2.97. The third-order valence-electron chi connectivity index (χ3n) is 4.07. The summed E-state index contributed by atoms with van der Waals surface area (Å²) in [5, 5.41) is 8.76. The molecule has 2 N–H and O–H groups in total. The SMILES string of the molecule is COC(C)c1c(NC(=O)Nc2cnc(OC(F)F)c(Cl)c2)cnn2c(F)c(C)nc12. The number of pyridine rings is 1. The minimum atomic E-state index is -3.09. The van der Waals surface area contributed by atoms with E-state index in [1.807, 2.05) is 0 Å². The average molecular weight is 445 g/mol. The lowest BCUT2D eigenvalue weighted by Gasteiger charge is -2.16. The molecule has 0 aromatic carbocycles. The van der Waals surface area contributed by atoms with E-state index >= 15 is 0 Å². The second kappa shape index (κ2) is 8.71. The summed E-state index contributed by atoms with van der Waals surface area (Å²) < 4.78 is 49.2. The maximum absolute atomic E-state index is 14.2. The van der Waals surface area contributed by atoms with Crippen LogP contribution in [-0.2, 0) is 4.74 Å². The van der Waals surface area contributed by atoms with Gasteiger partial charge in [-0.05, 0) is 19.9 Å². The molecule has 0 bridgehead atoms. The molecule has 0 spiro atoms. The van der Waals surface area contributed by atoms with Crippen LogP contribution in [-0.4, -0.2) is 39.3 Å². The number of carbonyl (C=O) groups is 1. The highest BCUT2D eigenvalue weighted by Crippen LogP contribution is 2.30. The van der Waals surface area contributed by atoms with Crippen LogP contribution in [0.3, 0.4) is 0 Å². The number of hydrogen-bond donors (Lipinski definition) is 2. The number of rotatable bonds is 6. The number of urea groups is 1. The molecule has 0 aliphatic heterocycles. The van der Waals surface area contributed by atoms with Gasteiger partial charge in [0.05, 0.1) is 41.1 Å². The van der Waals surface area contributed by atoms with Crippen molar-refractivity contribution in [3.8, 4) is 5.88 Å². The Morgan fingerprint density at radius 1 is 1.30 bits per heavy atom. The largest absolute Gasteiger partial charge is 0.415 e. The Kier molecular flexibility index (Phi) is 6.27. The van der Waals surface area contributed by atoms with E-state index in [-0.39, 0.29) is 27.7 Å². The van der Waals surface area contributed by atoms with Gasteiger partial charge in [-0.3, -0.25) is 0 Å². The van der Waals surface area contributed by atoms with E-state index < -0.39 is 30.6 Å².